The Morgan fingerprint density at radius 3 is 2.47 bits per heavy atom. The van der Waals surface area contributed by atoms with Crippen molar-refractivity contribution in [3.05, 3.63) is 51.8 Å². The first-order valence-electron chi connectivity index (χ1n) is 5.66. The van der Waals surface area contributed by atoms with E-state index in [1.807, 2.05) is 19.9 Å². The molecule has 2 rings (SSSR count). The molecule has 0 aliphatic carbocycles. The van der Waals surface area contributed by atoms with Crippen LogP contribution in [0.2, 0.25) is 0 Å². The fourth-order valence-electron chi connectivity index (χ4n) is 1.69. The molecular formula is C13H13BrN4O. The molecule has 1 heterocycles. The van der Waals surface area contributed by atoms with E-state index in [-0.39, 0.29) is 11.9 Å². The van der Waals surface area contributed by atoms with E-state index < -0.39 is 0 Å². The summed E-state index contributed by atoms with van der Waals surface area (Å²) in [4.78, 5) is 11.9. The van der Waals surface area contributed by atoms with Crippen LogP contribution in [0.5, 0.6) is 0 Å². The average molecular weight is 321 g/mol. The van der Waals surface area contributed by atoms with Gasteiger partial charge in [-0.1, -0.05) is 15.9 Å². The van der Waals surface area contributed by atoms with Crippen LogP contribution in [0.25, 0.3) is 0 Å². The molecule has 0 saturated heterocycles. The van der Waals surface area contributed by atoms with Crippen molar-refractivity contribution in [3.63, 3.8) is 0 Å². The third-order valence-corrected chi connectivity index (χ3v) is 3.09. The minimum atomic E-state index is -0.329. The number of aryl methyl sites for hydroxylation is 2. The van der Waals surface area contributed by atoms with Gasteiger partial charge in [-0.3, -0.25) is 15.5 Å². The topological polar surface area (TPSA) is 70.8 Å². The summed E-state index contributed by atoms with van der Waals surface area (Å²) in [6.07, 6.45) is 0. The second kappa shape index (κ2) is 5.36. The van der Waals surface area contributed by atoms with Crippen molar-refractivity contribution in [1.82, 2.24) is 15.1 Å². The molecule has 0 aliphatic heterocycles. The molecule has 1 aromatic heterocycles. The van der Waals surface area contributed by atoms with Gasteiger partial charge in [0, 0.05) is 15.7 Å². The van der Waals surface area contributed by atoms with Crippen molar-refractivity contribution < 1.29 is 4.79 Å². The maximum Gasteiger partial charge on any atom is 0.258 e. The Hall–Kier alpha value is -1.95. The minimum absolute atomic E-state index is 0.0569. The smallest absolute Gasteiger partial charge is 0.258 e. The molecule has 0 bridgehead atoms. The summed E-state index contributed by atoms with van der Waals surface area (Å²) < 4.78 is 2.30. The molecule has 2 N–H and O–H groups in total. The number of carbonyl (C=O) groups excluding carboxylic acids is 1. The fraction of sp³-hybridized carbons (Fsp3) is 0.154. The normalized spacial score (nSPS) is 10.3. The van der Waals surface area contributed by atoms with E-state index in [2.05, 4.69) is 26.3 Å². The zero-order valence-electron chi connectivity index (χ0n) is 10.6. The van der Waals surface area contributed by atoms with Gasteiger partial charge in [-0.2, -0.15) is 5.10 Å². The molecule has 1 aromatic carbocycles. The van der Waals surface area contributed by atoms with E-state index in [0.29, 0.717) is 5.56 Å². The van der Waals surface area contributed by atoms with E-state index in [1.165, 1.54) is 4.68 Å². The lowest BCUT2D eigenvalue weighted by Gasteiger charge is -2.08. The molecule has 0 atom stereocenters. The summed E-state index contributed by atoms with van der Waals surface area (Å²) in [7, 11) is 0. The van der Waals surface area contributed by atoms with Crippen LogP contribution in [-0.4, -0.2) is 21.6 Å². The second-order valence-electron chi connectivity index (χ2n) is 4.15. The lowest BCUT2D eigenvalue weighted by atomic mass is 10.2. The predicted octanol–water partition coefficient (Wildman–Crippen LogP) is 2.48. The first-order valence-corrected chi connectivity index (χ1v) is 6.46. The molecule has 98 valence electrons. The van der Waals surface area contributed by atoms with Crippen LogP contribution in [0.4, 0.5) is 0 Å². The number of carbonyl (C=O) groups is 1. The molecule has 0 radical (unpaired) electrons. The van der Waals surface area contributed by atoms with E-state index in [4.69, 9.17) is 5.41 Å². The van der Waals surface area contributed by atoms with Crippen LogP contribution in [0, 0.1) is 19.3 Å². The standard InChI is InChI=1S/C13H13BrN4O/c1-8-7-9(2)18(17-8)13(15)16-12(19)10-3-5-11(14)6-4-10/h3-7H,1-2H3,(H2,15,16,19). The predicted molar refractivity (Wildman–Crippen MR) is 76.4 cm³/mol. The first-order chi connectivity index (χ1) is 8.97. The van der Waals surface area contributed by atoms with Gasteiger partial charge >= 0.3 is 0 Å². The molecular weight excluding hydrogens is 308 g/mol. The Morgan fingerprint density at radius 2 is 1.95 bits per heavy atom. The summed E-state index contributed by atoms with van der Waals surface area (Å²) in [5.74, 6) is -0.386. The molecule has 0 spiro atoms. The highest BCUT2D eigenvalue weighted by Gasteiger charge is 2.11. The SMILES string of the molecule is Cc1cc(C)n(C(=N)NC(=O)c2ccc(Br)cc2)n1. The number of nitrogens with zero attached hydrogens (tertiary/aromatic N) is 2. The summed E-state index contributed by atoms with van der Waals surface area (Å²) >= 11 is 3.31. The van der Waals surface area contributed by atoms with Crippen LogP contribution < -0.4 is 5.32 Å². The highest BCUT2D eigenvalue weighted by atomic mass is 79.9. The zero-order chi connectivity index (χ0) is 14.0. The largest absolute Gasteiger partial charge is 0.291 e. The van der Waals surface area contributed by atoms with Gasteiger partial charge in [-0.15, -0.1) is 0 Å². The minimum Gasteiger partial charge on any atom is -0.291 e. The average Bonchev–Trinajstić information content (AvgIpc) is 2.69. The number of aromatic nitrogens is 2. The maximum absolute atomic E-state index is 11.9. The molecule has 0 fully saturated rings. The van der Waals surface area contributed by atoms with Crippen molar-refractivity contribution in [1.29, 1.82) is 5.41 Å². The van der Waals surface area contributed by atoms with Crippen LogP contribution in [0.1, 0.15) is 21.7 Å². The van der Waals surface area contributed by atoms with Gasteiger partial charge in [0.15, 0.2) is 0 Å². The third-order valence-electron chi connectivity index (χ3n) is 2.56. The van der Waals surface area contributed by atoms with Crippen LogP contribution in [0.15, 0.2) is 34.8 Å². The van der Waals surface area contributed by atoms with Gasteiger partial charge in [0.1, 0.15) is 0 Å². The van der Waals surface area contributed by atoms with Crippen molar-refractivity contribution in [2.24, 2.45) is 0 Å². The first kappa shape index (κ1) is 13.5. The lowest BCUT2D eigenvalue weighted by molar-refractivity contribution is 0.0975. The van der Waals surface area contributed by atoms with Crippen molar-refractivity contribution >= 4 is 27.8 Å². The summed E-state index contributed by atoms with van der Waals surface area (Å²) in [6.45, 7) is 3.67. The summed E-state index contributed by atoms with van der Waals surface area (Å²) in [6, 6.07) is 8.78. The Kier molecular flexibility index (Phi) is 3.80. The summed E-state index contributed by atoms with van der Waals surface area (Å²) in [5, 5.41) is 14.5. The number of hydrogen-bond donors (Lipinski definition) is 2. The molecule has 0 aliphatic rings. The van der Waals surface area contributed by atoms with Crippen LogP contribution in [-0.2, 0) is 0 Å². The van der Waals surface area contributed by atoms with Crippen molar-refractivity contribution in [3.8, 4) is 0 Å². The van der Waals surface area contributed by atoms with Crippen molar-refractivity contribution in [2.75, 3.05) is 0 Å². The van der Waals surface area contributed by atoms with Crippen LogP contribution in [0.3, 0.4) is 0 Å². The van der Waals surface area contributed by atoms with Gasteiger partial charge in [-0.05, 0) is 44.2 Å². The number of hydrogen-bond acceptors (Lipinski definition) is 3. The molecule has 1 amide bonds. The fourth-order valence-corrected chi connectivity index (χ4v) is 1.95. The summed E-state index contributed by atoms with van der Waals surface area (Å²) in [5.41, 5.74) is 2.10. The van der Waals surface area contributed by atoms with E-state index in [1.54, 1.807) is 24.3 Å². The Balaban J connectivity index is 2.13. The van der Waals surface area contributed by atoms with Gasteiger partial charge in [-0.25, -0.2) is 4.68 Å². The molecule has 6 heteroatoms. The number of rotatable bonds is 1. The molecule has 5 nitrogen and oxygen atoms in total. The van der Waals surface area contributed by atoms with E-state index in [9.17, 15) is 4.79 Å². The van der Waals surface area contributed by atoms with Crippen LogP contribution >= 0.6 is 15.9 Å². The van der Waals surface area contributed by atoms with E-state index >= 15 is 0 Å². The van der Waals surface area contributed by atoms with E-state index in [0.717, 1.165) is 15.9 Å². The zero-order valence-corrected chi connectivity index (χ0v) is 12.2. The number of nitrogens with one attached hydrogen (secondary N) is 2. The maximum atomic E-state index is 11.9. The van der Waals surface area contributed by atoms with Crippen molar-refractivity contribution in [2.45, 2.75) is 13.8 Å². The molecule has 0 saturated carbocycles. The van der Waals surface area contributed by atoms with Gasteiger partial charge in [0.2, 0.25) is 5.96 Å². The third kappa shape index (κ3) is 3.08. The lowest BCUT2D eigenvalue weighted by Crippen LogP contribution is -2.36. The molecule has 2 aromatic rings. The van der Waals surface area contributed by atoms with Gasteiger partial charge in [0.25, 0.3) is 5.91 Å². The molecule has 0 unspecified atom stereocenters. The second-order valence-corrected chi connectivity index (χ2v) is 5.06. The Morgan fingerprint density at radius 1 is 1.32 bits per heavy atom. The number of benzene rings is 1. The number of halogens is 1. The monoisotopic (exact) mass is 320 g/mol. The van der Waals surface area contributed by atoms with Gasteiger partial charge < -0.3 is 0 Å². The Bertz CT molecular complexity index is 631. The highest BCUT2D eigenvalue weighted by molar-refractivity contribution is 9.10. The molecule has 19 heavy (non-hydrogen) atoms. The number of amides is 1. The quantitative estimate of drug-likeness (QED) is 0.626. The highest BCUT2D eigenvalue weighted by Crippen LogP contribution is 2.10. The van der Waals surface area contributed by atoms with Gasteiger partial charge in [0.05, 0.1) is 5.69 Å². The Labute approximate surface area is 119 Å².